The van der Waals surface area contributed by atoms with Crippen molar-refractivity contribution in [2.45, 2.75) is 18.4 Å². The molecule has 0 saturated carbocycles. The first-order valence-electron chi connectivity index (χ1n) is 6.52. The molecule has 3 heteroatoms. The molecule has 0 aliphatic heterocycles. The van der Waals surface area contributed by atoms with E-state index in [-0.39, 0.29) is 0 Å². The van der Waals surface area contributed by atoms with E-state index in [1.165, 1.54) is 16.0 Å². The zero-order valence-corrected chi connectivity index (χ0v) is 13.1. The highest BCUT2D eigenvalue weighted by Gasteiger charge is 2.03. The summed E-state index contributed by atoms with van der Waals surface area (Å²) in [7, 11) is 0. The number of halogens is 1. The van der Waals surface area contributed by atoms with Crippen LogP contribution in [0.15, 0.2) is 60.0 Å². The Bertz CT molecular complexity index is 595. The van der Waals surface area contributed by atoms with Gasteiger partial charge in [-0.1, -0.05) is 35.9 Å². The lowest BCUT2D eigenvalue weighted by molar-refractivity contribution is 1.11. The van der Waals surface area contributed by atoms with Gasteiger partial charge in [0.25, 0.3) is 0 Å². The van der Waals surface area contributed by atoms with Gasteiger partial charge < -0.3 is 5.32 Å². The second-order valence-corrected chi connectivity index (χ2v) is 6.02. The SMILES string of the molecule is C=CCSc1ccccc1NCc1ccc(Cl)cc1C. The van der Waals surface area contributed by atoms with Gasteiger partial charge in [-0.15, -0.1) is 18.3 Å². The van der Waals surface area contributed by atoms with Gasteiger partial charge in [0.2, 0.25) is 0 Å². The van der Waals surface area contributed by atoms with Gasteiger partial charge in [0.05, 0.1) is 0 Å². The molecule has 0 fully saturated rings. The number of rotatable bonds is 6. The molecule has 0 aliphatic rings. The third-order valence-corrected chi connectivity index (χ3v) is 4.32. The standard InChI is InChI=1S/C17H18ClNS/c1-3-10-20-17-7-5-4-6-16(17)19-12-14-8-9-15(18)11-13(14)2/h3-9,11,19H,1,10,12H2,2H3. The van der Waals surface area contributed by atoms with Crippen molar-refractivity contribution in [2.75, 3.05) is 11.1 Å². The van der Waals surface area contributed by atoms with Gasteiger partial charge in [-0.2, -0.15) is 0 Å². The van der Waals surface area contributed by atoms with Crippen molar-refractivity contribution in [3.63, 3.8) is 0 Å². The molecule has 0 saturated heterocycles. The van der Waals surface area contributed by atoms with Crippen LogP contribution in [-0.2, 0) is 6.54 Å². The number of hydrogen-bond acceptors (Lipinski definition) is 2. The number of thioether (sulfide) groups is 1. The van der Waals surface area contributed by atoms with Crippen molar-refractivity contribution in [1.82, 2.24) is 0 Å². The fraction of sp³-hybridized carbons (Fsp3) is 0.176. The summed E-state index contributed by atoms with van der Waals surface area (Å²) in [6, 6.07) is 14.4. The van der Waals surface area contributed by atoms with Crippen LogP contribution in [0.1, 0.15) is 11.1 Å². The summed E-state index contributed by atoms with van der Waals surface area (Å²) in [5.41, 5.74) is 3.63. The smallest absolute Gasteiger partial charge is 0.0481 e. The van der Waals surface area contributed by atoms with Crippen LogP contribution in [0, 0.1) is 6.92 Å². The summed E-state index contributed by atoms with van der Waals surface area (Å²) < 4.78 is 0. The summed E-state index contributed by atoms with van der Waals surface area (Å²) in [6.07, 6.45) is 1.92. The molecular weight excluding hydrogens is 286 g/mol. The van der Waals surface area contributed by atoms with E-state index in [2.05, 4.69) is 49.2 Å². The van der Waals surface area contributed by atoms with Gasteiger partial charge in [-0.3, -0.25) is 0 Å². The van der Waals surface area contributed by atoms with Crippen molar-refractivity contribution in [3.05, 3.63) is 71.3 Å². The van der Waals surface area contributed by atoms with Crippen molar-refractivity contribution in [1.29, 1.82) is 0 Å². The van der Waals surface area contributed by atoms with Crippen LogP contribution in [0.4, 0.5) is 5.69 Å². The lowest BCUT2D eigenvalue weighted by Crippen LogP contribution is -2.02. The van der Waals surface area contributed by atoms with Crippen LogP contribution < -0.4 is 5.32 Å². The number of anilines is 1. The zero-order valence-electron chi connectivity index (χ0n) is 11.5. The largest absolute Gasteiger partial charge is 0.380 e. The predicted octanol–water partition coefficient (Wildman–Crippen LogP) is 5.54. The minimum Gasteiger partial charge on any atom is -0.380 e. The molecule has 0 bridgehead atoms. The van der Waals surface area contributed by atoms with Crippen LogP contribution in [0.25, 0.3) is 0 Å². The maximum Gasteiger partial charge on any atom is 0.0481 e. The molecule has 0 unspecified atom stereocenters. The van der Waals surface area contributed by atoms with Gasteiger partial charge in [0.15, 0.2) is 0 Å². The number of aryl methyl sites for hydroxylation is 1. The Labute approximate surface area is 130 Å². The monoisotopic (exact) mass is 303 g/mol. The van der Waals surface area contributed by atoms with E-state index in [9.17, 15) is 0 Å². The fourth-order valence-corrected chi connectivity index (χ4v) is 2.93. The highest BCUT2D eigenvalue weighted by molar-refractivity contribution is 7.99. The van der Waals surface area contributed by atoms with Gasteiger partial charge in [0.1, 0.15) is 0 Å². The van der Waals surface area contributed by atoms with Gasteiger partial charge >= 0.3 is 0 Å². The average molecular weight is 304 g/mol. The topological polar surface area (TPSA) is 12.0 Å². The lowest BCUT2D eigenvalue weighted by atomic mass is 10.1. The third-order valence-electron chi connectivity index (χ3n) is 3.02. The van der Waals surface area contributed by atoms with Gasteiger partial charge in [-0.25, -0.2) is 0 Å². The van der Waals surface area contributed by atoms with Crippen LogP contribution in [0.2, 0.25) is 5.02 Å². The molecule has 0 amide bonds. The second-order valence-electron chi connectivity index (χ2n) is 4.52. The minimum absolute atomic E-state index is 0.785. The van der Waals surface area contributed by atoms with E-state index in [0.29, 0.717) is 0 Å². The van der Waals surface area contributed by atoms with E-state index in [0.717, 1.165) is 23.0 Å². The maximum absolute atomic E-state index is 5.98. The molecule has 20 heavy (non-hydrogen) atoms. The maximum atomic E-state index is 5.98. The Kier molecular flexibility index (Phi) is 5.57. The predicted molar refractivity (Wildman–Crippen MR) is 90.9 cm³/mol. The zero-order chi connectivity index (χ0) is 14.4. The van der Waals surface area contributed by atoms with Crippen LogP contribution in [0.3, 0.4) is 0 Å². The number of benzene rings is 2. The summed E-state index contributed by atoms with van der Waals surface area (Å²) >= 11 is 7.77. The first kappa shape index (κ1) is 15.0. The molecule has 1 N–H and O–H groups in total. The molecule has 1 nitrogen and oxygen atoms in total. The highest BCUT2D eigenvalue weighted by atomic mass is 35.5. The number of para-hydroxylation sites is 1. The minimum atomic E-state index is 0.785. The van der Waals surface area contributed by atoms with Crippen molar-refractivity contribution in [2.24, 2.45) is 0 Å². The van der Waals surface area contributed by atoms with Crippen molar-refractivity contribution in [3.8, 4) is 0 Å². The van der Waals surface area contributed by atoms with E-state index in [1.54, 1.807) is 11.8 Å². The van der Waals surface area contributed by atoms with Crippen LogP contribution in [0.5, 0.6) is 0 Å². The van der Waals surface area contributed by atoms with Gasteiger partial charge in [0, 0.05) is 27.9 Å². The first-order valence-corrected chi connectivity index (χ1v) is 7.88. The van der Waals surface area contributed by atoms with E-state index >= 15 is 0 Å². The Morgan fingerprint density at radius 3 is 2.80 bits per heavy atom. The molecule has 0 aromatic heterocycles. The quantitative estimate of drug-likeness (QED) is 0.555. The molecule has 0 radical (unpaired) electrons. The Hall–Kier alpha value is -1.38. The molecule has 2 aromatic rings. The summed E-state index contributed by atoms with van der Waals surface area (Å²) in [4.78, 5) is 1.25. The molecule has 2 rings (SSSR count). The first-order chi connectivity index (χ1) is 9.70. The molecule has 104 valence electrons. The molecule has 0 spiro atoms. The summed E-state index contributed by atoms with van der Waals surface area (Å²) in [5.74, 6) is 0.915. The second kappa shape index (κ2) is 7.41. The summed E-state index contributed by atoms with van der Waals surface area (Å²) in [6.45, 7) is 6.65. The molecular formula is C17H18ClNS. The molecule has 0 atom stereocenters. The molecule has 2 aromatic carbocycles. The van der Waals surface area contributed by atoms with Crippen molar-refractivity contribution >= 4 is 29.1 Å². The Morgan fingerprint density at radius 1 is 1.25 bits per heavy atom. The van der Waals surface area contributed by atoms with E-state index in [4.69, 9.17) is 11.6 Å². The molecule has 0 heterocycles. The van der Waals surface area contributed by atoms with Crippen molar-refractivity contribution < 1.29 is 0 Å². The third kappa shape index (κ3) is 4.06. The Morgan fingerprint density at radius 2 is 2.05 bits per heavy atom. The number of hydrogen-bond donors (Lipinski definition) is 1. The van der Waals surface area contributed by atoms with Crippen LogP contribution >= 0.6 is 23.4 Å². The summed E-state index contributed by atoms with van der Waals surface area (Å²) in [5, 5.41) is 4.29. The van der Waals surface area contributed by atoms with Gasteiger partial charge in [-0.05, 0) is 42.3 Å². The van der Waals surface area contributed by atoms with E-state index in [1.807, 2.05) is 18.2 Å². The average Bonchev–Trinajstić information content (AvgIpc) is 2.45. The lowest BCUT2D eigenvalue weighted by Gasteiger charge is -2.12. The Balaban J connectivity index is 2.08. The van der Waals surface area contributed by atoms with E-state index < -0.39 is 0 Å². The molecule has 0 aliphatic carbocycles. The normalized spacial score (nSPS) is 10.3. The van der Waals surface area contributed by atoms with Crippen LogP contribution in [-0.4, -0.2) is 5.75 Å². The number of nitrogens with one attached hydrogen (secondary N) is 1. The highest BCUT2D eigenvalue weighted by Crippen LogP contribution is 2.27. The fourth-order valence-electron chi connectivity index (χ4n) is 1.94.